The van der Waals surface area contributed by atoms with Gasteiger partial charge in [-0.05, 0) is 29.8 Å². The van der Waals surface area contributed by atoms with Gasteiger partial charge >= 0.3 is 0 Å². The summed E-state index contributed by atoms with van der Waals surface area (Å²) in [6.07, 6.45) is 0.179. The Bertz CT molecular complexity index is 1130. The highest BCUT2D eigenvalue weighted by Crippen LogP contribution is 2.31. The molecule has 0 saturated carbocycles. The van der Waals surface area contributed by atoms with Crippen molar-refractivity contribution in [1.82, 2.24) is 10.4 Å². The predicted molar refractivity (Wildman–Crippen MR) is 99.4 cm³/mol. The lowest BCUT2D eigenvalue weighted by atomic mass is 10.1. The topological polar surface area (TPSA) is 123 Å². The highest BCUT2D eigenvalue weighted by atomic mass is 19.1. The number of nitrogens with one attached hydrogen (secondary N) is 2. The van der Waals surface area contributed by atoms with Crippen molar-refractivity contribution in [2.75, 3.05) is 5.32 Å². The van der Waals surface area contributed by atoms with Gasteiger partial charge in [0.2, 0.25) is 17.7 Å². The number of halogens is 2. The van der Waals surface area contributed by atoms with Crippen LogP contribution in [0.3, 0.4) is 0 Å². The first-order chi connectivity index (χ1) is 13.9. The van der Waals surface area contributed by atoms with Gasteiger partial charge in [-0.3, -0.25) is 9.59 Å². The molecular formula is C19H13F2N5O3. The van der Waals surface area contributed by atoms with Crippen molar-refractivity contribution in [3.8, 4) is 11.5 Å². The Labute approximate surface area is 162 Å². The van der Waals surface area contributed by atoms with E-state index in [1.165, 1.54) is 6.07 Å². The molecule has 3 aromatic rings. The minimum absolute atomic E-state index is 0.155. The second-order valence-corrected chi connectivity index (χ2v) is 6.13. The van der Waals surface area contributed by atoms with E-state index in [1.807, 2.05) is 0 Å². The minimum Gasteiger partial charge on any atom is -0.419 e. The van der Waals surface area contributed by atoms with E-state index in [1.54, 1.807) is 24.3 Å². The Morgan fingerprint density at radius 2 is 1.83 bits per heavy atom. The molecule has 0 saturated heterocycles. The SMILES string of the molecule is NC(=O)c1nc(-c2c(F)cccc2F)oc1Nc1ccc(C2=NNC(=O)C2)cc1. The fourth-order valence-electron chi connectivity index (χ4n) is 2.79. The number of benzene rings is 2. The van der Waals surface area contributed by atoms with E-state index in [0.717, 1.165) is 17.7 Å². The van der Waals surface area contributed by atoms with Crippen molar-refractivity contribution in [1.29, 1.82) is 0 Å². The van der Waals surface area contributed by atoms with Crippen LogP contribution in [0.15, 0.2) is 52.0 Å². The van der Waals surface area contributed by atoms with Crippen molar-refractivity contribution in [3.63, 3.8) is 0 Å². The van der Waals surface area contributed by atoms with E-state index in [-0.39, 0.29) is 23.9 Å². The van der Waals surface area contributed by atoms with Gasteiger partial charge in [-0.15, -0.1) is 0 Å². The van der Waals surface area contributed by atoms with Crippen LogP contribution in [0.2, 0.25) is 0 Å². The summed E-state index contributed by atoms with van der Waals surface area (Å²) in [6, 6.07) is 10.0. The molecule has 2 heterocycles. The molecule has 0 unspecified atom stereocenters. The maximum Gasteiger partial charge on any atom is 0.273 e. The lowest BCUT2D eigenvalue weighted by Crippen LogP contribution is -2.13. The maximum atomic E-state index is 14.0. The second kappa shape index (κ2) is 7.15. The Kier molecular flexibility index (Phi) is 4.51. The number of carbonyl (C=O) groups is 2. The normalized spacial score (nSPS) is 13.2. The number of oxazole rings is 1. The quantitative estimate of drug-likeness (QED) is 0.611. The number of nitrogens with zero attached hydrogens (tertiary/aromatic N) is 2. The molecule has 4 rings (SSSR count). The highest BCUT2D eigenvalue weighted by Gasteiger charge is 2.23. The molecule has 146 valence electrons. The summed E-state index contributed by atoms with van der Waals surface area (Å²) in [4.78, 5) is 26.8. The smallest absolute Gasteiger partial charge is 0.273 e. The molecule has 4 N–H and O–H groups in total. The molecule has 2 aromatic carbocycles. The molecule has 2 amide bonds. The summed E-state index contributed by atoms with van der Waals surface area (Å²) in [7, 11) is 0. The van der Waals surface area contributed by atoms with Crippen LogP contribution in [0.4, 0.5) is 20.4 Å². The molecule has 8 nitrogen and oxygen atoms in total. The number of nitrogens with two attached hydrogens (primary N) is 1. The van der Waals surface area contributed by atoms with Crippen LogP contribution >= 0.6 is 0 Å². The van der Waals surface area contributed by atoms with Crippen LogP contribution in [0.25, 0.3) is 11.5 Å². The molecule has 1 aliphatic rings. The lowest BCUT2D eigenvalue weighted by molar-refractivity contribution is -0.119. The number of hydrogen-bond donors (Lipinski definition) is 3. The van der Waals surface area contributed by atoms with E-state index in [2.05, 4.69) is 20.8 Å². The molecule has 1 aromatic heterocycles. The summed E-state index contributed by atoms with van der Waals surface area (Å²) in [5.74, 6) is -3.47. The first-order valence-corrected chi connectivity index (χ1v) is 8.40. The minimum atomic E-state index is -0.930. The zero-order valence-electron chi connectivity index (χ0n) is 14.7. The van der Waals surface area contributed by atoms with E-state index in [9.17, 15) is 18.4 Å². The number of amides is 2. The lowest BCUT2D eigenvalue weighted by Gasteiger charge is -2.05. The van der Waals surface area contributed by atoms with Crippen LogP contribution in [-0.2, 0) is 4.79 Å². The first-order valence-electron chi connectivity index (χ1n) is 8.40. The maximum absolute atomic E-state index is 14.0. The second-order valence-electron chi connectivity index (χ2n) is 6.13. The molecule has 0 fully saturated rings. The monoisotopic (exact) mass is 397 g/mol. The number of rotatable bonds is 5. The van der Waals surface area contributed by atoms with Gasteiger partial charge in [0.1, 0.15) is 17.2 Å². The third-order valence-corrected chi connectivity index (χ3v) is 4.16. The fourth-order valence-corrected chi connectivity index (χ4v) is 2.79. The van der Waals surface area contributed by atoms with Crippen molar-refractivity contribution in [2.24, 2.45) is 10.8 Å². The summed E-state index contributed by atoms with van der Waals surface area (Å²) in [5.41, 5.74) is 8.69. The van der Waals surface area contributed by atoms with Crippen LogP contribution in [-0.4, -0.2) is 22.5 Å². The number of anilines is 2. The Morgan fingerprint density at radius 3 is 2.41 bits per heavy atom. The van der Waals surface area contributed by atoms with Crippen LogP contribution < -0.4 is 16.5 Å². The van der Waals surface area contributed by atoms with Gasteiger partial charge in [-0.25, -0.2) is 19.2 Å². The van der Waals surface area contributed by atoms with Crippen molar-refractivity contribution in [3.05, 3.63) is 65.4 Å². The Balaban J connectivity index is 1.64. The van der Waals surface area contributed by atoms with Gasteiger partial charge in [-0.1, -0.05) is 18.2 Å². The first kappa shape index (κ1) is 18.3. The molecule has 0 aliphatic carbocycles. The molecule has 1 aliphatic heterocycles. The molecule has 0 spiro atoms. The van der Waals surface area contributed by atoms with E-state index >= 15 is 0 Å². The largest absolute Gasteiger partial charge is 0.419 e. The number of primary amides is 1. The highest BCUT2D eigenvalue weighted by molar-refractivity contribution is 6.13. The van der Waals surface area contributed by atoms with Gasteiger partial charge in [0, 0.05) is 5.69 Å². The molecule has 0 atom stereocenters. The predicted octanol–water partition coefficient (Wildman–Crippen LogP) is 2.69. The van der Waals surface area contributed by atoms with Crippen molar-refractivity contribution in [2.45, 2.75) is 6.42 Å². The average Bonchev–Trinajstić information content (AvgIpc) is 3.29. The Hall–Kier alpha value is -4.08. The number of hydrazone groups is 1. The number of hydrogen-bond acceptors (Lipinski definition) is 6. The third-order valence-electron chi connectivity index (χ3n) is 4.16. The average molecular weight is 397 g/mol. The van der Waals surface area contributed by atoms with Gasteiger partial charge in [-0.2, -0.15) is 5.10 Å². The van der Waals surface area contributed by atoms with Gasteiger partial charge in [0.25, 0.3) is 5.91 Å². The summed E-state index contributed by atoms with van der Waals surface area (Å²) in [5, 5.41) is 6.74. The third kappa shape index (κ3) is 3.55. The molecule has 29 heavy (non-hydrogen) atoms. The molecule has 0 radical (unpaired) electrons. The summed E-state index contributed by atoms with van der Waals surface area (Å²) in [6.45, 7) is 0. The zero-order valence-corrected chi connectivity index (χ0v) is 14.7. The van der Waals surface area contributed by atoms with Crippen LogP contribution in [0, 0.1) is 11.6 Å². The molecule has 0 bridgehead atoms. The molecule has 10 heteroatoms. The summed E-state index contributed by atoms with van der Waals surface area (Å²) < 4.78 is 33.4. The van der Waals surface area contributed by atoms with E-state index < -0.39 is 29.0 Å². The summed E-state index contributed by atoms with van der Waals surface area (Å²) >= 11 is 0. The fraction of sp³-hybridized carbons (Fsp3) is 0.0526. The standard InChI is InChI=1S/C19H13F2N5O3/c20-11-2-1-3-12(21)15(11)18-24-16(17(22)28)19(29-18)23-10-6-4-9(5-7-10)13-8-14(27)26-25-13/h1-7,23H,8H2,(H2,22,28)(H,26,27). The van der Waals surface area contributed by atoms with Crippen LogP contribution in [0.5, 0.6) is 0 Å². The van der Waals surface area contributed by atoms with E-state index in [4.69, 9.17) is 10.2 Å². The number of aromatic nitrogens is 1. The van der Waals surface area contributed by atoms with Gasteiger partial charge in [0.05, 0.1) is 12.1 Å². The van der Waals surface area contributed by atoms with Gasteiger partial charge in [0.15, 0.2) is 5.69 Å². The zero-order chi connectivity index (χ0) is 20.5. The van der Waals surface area contributed by atoms with Crippen LogP contribution in [0.1, 0.15) is 22.5 Å². The van der Waals surface area contributed by atoms with Crippen molar-refractivity contribution < 1.29 is 22.8 Å². The number of carbonyl (C=O) groups excluding carboxylic acids is 2. The van der Waals surface area contributed by atoms with E-state index in [0.29, 0.717) is 11.4 Å². The molecular weight excluding hydrogens is 384 g/mol. The Morgan fingerprint density at radius 1 is 1.14 bits per heavy atom. The van der Waals surface area contributed by atoms with Gasteiger partial charge < -0.3 is 15.5 Å². The van der Waals surface area contributed by atoms with Crippen molar-refractivity contribution >= 4 is 29.1 Å².